The largest absolute Gasteiger partial charge is 0.494 e. The summed E-state index contributed by atoms with van der Waals surface area (Å²) in [6.07, 6.45) is 0.685. The van der Waals surface area contributed by atoms with Crippen LogP contribution >= 0.6 is 23.2 Å². The van der Waals surface area contributed by atoms with Crippen LogP contribution in [0.15, 0.2) is 71.6 Å². The lowest BCUT2D eigenvalue weighted by molar-refractivity contribution is -0.139. The van der Waals surface area contributed by atoms with Gasteiger partial charge in [-0.15, -0.1) is 0 Å². The summed E-state index contributed by atoms with van der Waals surface area (Å²) in [5.41, 5.74) is 0.582. The van der Waals surface area contributed by atoms with Crippen molar-refractivity contribution in [3.63, 3.8) is 0 Å². The maximum Gasteiger partial charge on any atom is 0.264 e. The van der Waals surface area contributed by atoms with Crippen LogP contribution in [-0.2, 0) is 26.2 Å². The van der Waals surface area contributed by atoms with Gasteiger partial charge < -0.3 is 15.0 Å². The van der Waals surface area contributed by atoms with Crippen molar-refractivity contribution in [2.75, 3.05) is 24.0 Å². The lowest BCUT2D eigenvalue weighted by Crippen LogP contribution is -2.51. The number of nitrogens with one attached hydrogen (secondary N) is 1. The molecule has 0 aliphatic rings. The van der Waals surface area contributed by atoms with Crippen molar-refractivity contribution < 1.29 is 27.1 Å². The second kappa shape index (κ2) is 14.5. The quantitative estimate of drug-likeness (QED) is 0.265. The van der Waals surface area contributed by atoms with Gasteiger partial charge in [-0.3, -0.25) is 13.9 Å². The van der Waals surface area contributed by atoms with Gasteiger partial charge in [-0.1, -0.05) is 36.2 Å². The molecule has 0 aliphatic carbocycles. The van der Waals surface area contributed by atoms with Crippen molar-refractivity contribution in [2.24, 2.45) is 0 Å². The van der Waals surface area contributed by atoms with Crippen molar-refractivity contribution in [1.82, 2.24) is 10.2 Å². The molecule has 0 heterocycles. The molecule has 0 unspecified atom stereocenters. The van der Waals surface area contributed by atoms with E-state index in [0.717, 1.165) is 28.6 Å². The van der Waals surface area contributed by atoms with Crippen molar-refractivity contribution in [1.29, 1.82) is 0 Å². The normalized spacial score (nSPS) is 12.0. The summed E-state index contributed by atoms with van der Waals surface area (Å²) < 4.78 is 47.6. The number of sulfonamides is 1. The van der Waals surface area contributed by atoms with E-state index in [0.29, 0.717) is 40.9 Å². The van der Waals surface area contributed by atoms with Crippen LogP contribution in [0.3, 0.4) is 0 Å². The molecule has 0 spiro atoms. The molecule has 0 saturated carbocycles. The topological polar surface area (TPSA) is 96.0 Å². The minimum atomic E-state index is -4.35. The Morgan fingerprint density at radius 3 is 2.15 bits per heavy atom. The zero-order valence-corrected chi connectivity index (χ0v) is 25.3. The molecule has 3 aromatic carbocycles. The number of amides is 2. The molecule has 0 bridgehead atoms. The third kappa shape index (κ3) is 8.12. The Kier molecular flexibility index (Phi) is 11.4. The molecule has 8 nitrogen and oxygen atoms in total. The van der Waals surface area contributed by atoms with Gasteiger partial charge in [0.15, 0.2) is 0 Å². The number of anilines is 1. The number of rotatable bonds is 13. The monoisotopic (exact) mass is 623 g/mol. The van der Waals surface area contributed by atoms with Gasteiger partial charge in [0, 0.05) is 28.7 Å². The average Bonchev–Trinajstić information content (AvgIpc) is 2.95. The molecule has 1 atom stereocenters. The van der Waals surface area contributed by atoms with E-state index in [1.54, 1.807) is 37.3 Å². The Morgan fingerprint density at radius 1 is 0.976 bits per heavy atom. The predicted octanol–water partition coefficient (Wildman–Crippen LogP) is 5.67. The number of halogens is 3. The smallest absolute Gasteiger partial charge is 0.264 e. The maximum atomic E-state index is 13.9. The van der Waals surface area contributed by atoms with Crippen LogP contribution in [0.1, 0.15) is 32.8 Å². The van der Waals surface area contributed by atoms with E-state index < -0.39 is 40.2 Å². The van der Waals surface area contributed by atoms with Crippen molar-refractivity contribution in [3.05, 3.63) is 88.2 Å². The second-order valence-corrected chi connectivity index (χ2v) is 11.8. The summed E-state index contributed by atoms with van der Waals surface area (Å²) in [6.45, 7) is 5.25. The number of benzene rings is 3. The molecule has 0 aromatic heterocycles. The van der Waals surface area contributed by atoms with E-state index in [4.69, 9.17) is 27.9 Å². The summed E-state index contributed by atoms with van der Waals surface area (Å²) >= 11 is 12.8. The van der Waals surface area contributed by atoms with Gasteiger partial charge in [-0.05, 0) is 80.9 Å². The summed E-state index contributed by atoms with van der Waals surface area (Å²) in [5.74, 6) is -1.20. The van der Waals surface area contributed by atoms with Crippen molar-refractivity contribution >= 4 is 50.7 Å². The molecule has 0 radical (unpaired) electrons. The van der Waals surface area contributed by atoms with Gasteiger partial charge in [-0.2, -0.15) is 0 Å². The highest BCUT2D eigenvalue weighted by Gasteiger charge is 2.33. The molecule has 0 aliphatic heterocycles. The molecule has 3 rings (SSSR count). The number of nitrogens with zero attached hydrogens (tertiary/aromatic N) is 2. The van der Waals surface area contributed by atoms with Crippen molar-refractivity contribution in [3.8, 4) is 5.75 Å². The number of ether oxygens (including phenoxy) is 1. The van der Waals surface area contributed by atoms with Gasteiger partial charge in [0.1, 0.15) is 24.2 Å². The standard InChI is InChI=1S/C29H32Cl2FN3O5S/c1-4-17-33-29(37)20(3)34(18-25-26(30)7-6-8-27(25)31)28(36)19-35(22-11-13-23(14-12-22)40-5-2)41(38,39)24-15-9-21(32)10-16-24/h6-16,20H,4-5,17-19H2,1-3H3,(H,33,37)/t20-/m0/s1. The molecule has 12 heteroatoms. The molecule has 1 N–H and O–H groups in total. The van der Waals surface area contributed by atoms with E-state index >= 15 is 0 Å². The van der Waals surface area contributed by atoms with E-state index in [1.165, 1.54) is 17.0 Å². The predicted molar refractivity (Wildman–Crippen MR) is 158 cm³/mol. The number of hydrogen-bond acceptors (Lipinski definition) is 5. The SMILES string of the molecule is CCCNC(=O)[C@H](C)N(Cc1c(Cl)cccc1Cl)C(=O)CN(c1ccc(OCC)cc1)S(=O)(=O)c1ccc(F)cc1. The van der Waals surface area contributed by atoms with Gasteiger partial charge >= 0.3 is 0 Å². The second-order valence-electron chi connectivity index (χ2n) is 9.08. The number of carbonyl (C=O) groups is 2. The van der Waals surface area contributed by atoms with Crippen LogP contribution in [0.5, 0.6) is 5.75 Å². The first-order valence-corrected chi connectivity index (χ1v) is 15.2. The van der Waals surface area contributed by atoms with Crippen LogP contribution in [0.25, 0.3) is 0 Å². The molecule has 220 valence electrons. The van der Waals surface area contributed by atoms with Crippen LogP contribution in [-0.4, -0.2) is 50.9 Å². The molecular weight excluding hydrogens is 592 g/mol. The first-order chi connectivity index (χ1) is 19.5. The van der Waals surface area contributed by atoms with Gasteiger partial charge in [0.2, 0.25) is 11.8 Å². The molecule has 0 saturated heterocycles. The average molecular weight is 625 g/mol. The minimum absolute atomic E-state index is 0.147. The Labute approximate surface area is 250 Å². The minimum Gasteiger partial charge on any atom is -0.494 e. The Hall–Kier alpha value is -3.34. The van der Waals surface area contributed by atoms with Gasteiger partial charge in [-0.25, -0.2) is 12.8 Å². The summed E-state index contributed by atoms with van der Waals surface area (Å²) in [7, 11) is -4.35. The maximum absolute atomic E-state index is 13.9. The fraction of sp³-hybridized carbons (Fsp3) is 0.310. The lowest BCUT2D eigenvalue weighted by atomic mass is 10.1. The van der Waals surface area contributed by atoms with Crippen LogP contribution in [0, 0.1) is 5.82 Å². The summed E-state index contributed by atoms with van der Waals surface area (Å²) in [5, 5.41) is 3.35. The van der Waals surface area contributed by atoms with E-state index in [2.05, 4.69) is 5.32 Å². The molecule has 41 heavy (non-hydrogen) atoms. The number of hydrogen-bond donors (Lipinski definition) is 1. The fourth-order valence-electron chi connectivity index (χ4n) is 3.97. The van der Waals surface area contributed by atoms with Crippen LogP contribution < -0.4 is 14.4 Å². The highest BCUT2D eigenvalue weighted by Crippen LogP contribution is 2.29. The first-order valence-electron chi connectivity index (χ1n) is 13.0. The third-order valence-corrected chi connectivity index (χ3v) is 8.72. The lowest BCUT2D eigenvalue weighted by Gasteiger charge is -2.32. The molecular formula is C29H32Cl2FN3O5S. The molecule has 0 fully saturated rings. The van der Waals surface area contributed by atoms with Crippen molar-refractivity contribution in [2.45, 2.75) is 44.7 Å². The molecule has 2 amide bonds. The Morgan fingerprint density at radius 2 is 1.59 bits per heavy atom. The van der Waals surface area contributed by atoms with Crippen LogP contribution in [0.4, 0.5) is 10.1 Å². The third-order valence-electron chi connectivity index (χ3n) is 6.22. The molecule has 3 aromatic rings. The first kappa shape index (κ1) is 32.2. The van der Waals surface area contributed by atoms with E-state index in [1.807, 2.05) is 13.8 Å². The van der Waals surface area contributed by atoms with E-state index in [-0.39, 0.29) is 17.1 Å². The fourth-order valence-corrected chi connectivity index (χ4v) is 5.90. The highest BCUT2D eigenvalue weighted by atomic mass is 35.5. The highest BCUT2D eigenvalue weighted by molar-refractivity contribution is 7.92. The number of carbonyl (C=O) groups excluding carboxylic acids is 2. The van der Waals surface area contributed by atoms with E-state index in [9.17, 15) is 22.4 Å². The zero-order chi connectivity index (χ0) is 30.2. The van der Waals surface area contributed by atoms with Gasteiger partial charge in [0.25, 0.3) is 10.0 Å². The van der Waals surface area contributed by atoms with Crippen LogP contribution in [0.2, 0.25) is 10.0 Å². The zero-order valence-electron chi connectivity index (χ0n) is 22.9. The Balaban J connectivity index is 2.06. The Bertz CT molecular complexity index is 1430. The summed E-state index contributed by atoms with van der Waals surface area (Å²) in [6, 6.07) is 14.4. The summed E-state index contributed by atoms with van der Waals surface area (Å²) in [4.78, 5) is 27.9. The van der Waals surface area contributed by atoms with Gasteiger partial charge in [0.05, 0.1) is 17.2 Å².